The second-order valence-electron chi connectivity index (χ2n) is 3.73. The number of nitrogens with zero attached hydrogens (tertiary/aromatic N) is 2. The number of methoxy groups -OCH3 is 1. The summed E-state index contributed by atoms with van der Waals surface area (Å²) in [5, 5.41) is 2.88. The van der Waals surface area contributed by atoms with E-state index in [1.165, 1.54) is 10.9 Å². The molecule has 1 heterocycles. The topological polar surface area (TPSA) is 56.1 Å². The van der Waals surface area contributed by atoms with Crippen molar-refractivity contribution in [1.82, 2.24) is 14.9 Å². The number of hydrogen-bond donors (Lipinski definition) is 1. The maximum absolute atomic E-state index is 11.7. The van der Waals surface area contributed by atoms with Crippen LogP contribution in [0.2, 0.25) is 0 Å². The molecule has 15 heavy (non-hydrogen) atoms. The van der Waals surface area contributed by atoms with E-state index in [4.69, 9.17) is 4.74 Å². The second kappa shape index (κ2) is 5.50. The predicted molar refractivity (Wildman–Crippen MR) is 56.7 cm³/mol. The molecule has 0 aliphatic heterocycles. The summed E-state index contributed by atoms with van der Waals surface area (Å²) in [5.74, 6) is 0.331. The molecule has 5 nitrogen and oxygen atoms in total. The van der Waals surface area contributed by atoms with Crippen molar-refractivity contribution in [2.45, 2.75) is 19.9 Å². The van der Waals surface area contributed by atoms with Crippen LogP contribution in [0.5, 0.6) is 0 Å². The van der Waals surface area contributed by atoms with Crippen molar-refractivity contribution < 1.29 is 9.53 Å². The highest BCUT2D eigenvalue weighted by Gasteiger charge is 2.16. The summed E-state index contributed by atoms with van der Waals surface area (Å²) in [7, 11) is 1.62. The number of imidazole rings is 1. The molecule has 1 rings (SSSR count). The smallest absolute Gasteiger partial charge is 0.327 e. The monoisotopic (exact) mass is 211 g/mol. The average molecular weight is 211 g/mol. The van der Waals surface area contributed by atoms with Crippen molar-refractivity contribution >= 4 is 6.03 Å². The van der Waals surface area contributed by atoms with Gasteiger partial charge in [0.15, 0.2) is 0 Å². The van der Waals surface area contributed by atoms with Crippen molar-refractivity contribution in [2.75, 3.05) is 13.7 Å². The van der Waals surface area contributed by atoms with Crippen LogP contribution in [0.25, 0.3) is 0 Å². The van der Waals surface area contributed by atoms with Gasteiger partial charge in [0.05, 0.1) is 12.6 Å². The Balaban J connectivity index is 2.55. The Morgan fingerprint density at radius 3 is 2.80 bits per heavy atom. The number of aromatic nitrogens is 2. The summed E-state index contributed by atoms with van der Waals surface area (Å²) in [4.78, 5) is 15.5. The van der Waals surface area contributed by atoms with Gasteiger partial charge in [-0.25, -0.2) is 9.78 Å². The molecule has 1 aromatic rings. The average Bonchev–Trinajstić information content (AvgIpc) is 2.69. The number of carbonyl (C=O) groups is 1. The number of rotatable bonds is 4. The van der Waals surface area contributed by atoms with E-state index in [-0.39, 0.29) is 12.1 Å². The van der Waals surface area contributed by atoms with Crippen molar-refractivity contribution in [2.24, 2.45) is 5.92 Å². The largest absolute Gasteiger partial charge is 0.383 e. The fraction of sp³-hybridized carbons (Fsp3) is 0.600. The van der Waals surface area contributed by atoms with Crippen LogP contribution in [-0.4, -0.2) is 35.3 Å². The van der Waals surface area contributed by atoms with Gasteiger partial charge in [0.1, 0.15) is 6.33 Å². The molecule has 0 saturated carbocycles. The number of hydrogen-bond acceptors (Lipinski definition) is 3. The highest BCUT2D eigenvalue weighted by atomic mass is 16.5. The lowest BCUT2D eigenvalue weighted by atomic mass is 10.1. The minimum absolute atomic E-state index is 0.0184. The van der Waals surface area contributed by atoms with Gasteiger partial charge < -0.3 is 10.1 Å². The van der Waals surface area contributed by atoms with Gasteiger partial charge in [-0.05, 0) is 5.92 Å². The first kappa shape index (κ1) is 11.7. The van der Waals surface area contributed by atoms with Crippen LogP contribution in [0.3, 0.4) is 0 Å². The zero-order valence-corrected chi connectivity index (χ0v) is 9.30. The lowest BCUT2D eigenvalue weighted by Crippen LogP contribution is -2.43. The van der Waals surface area contributed by atoms with E-state index < -0.39 is 0 Å². The lowest BCUT2D eigenvalue weighted by Gasteiger charge is -2.21. The molecule has 0 saturated heterocycles. The van der Waals surface area contributed by atoms with Gasteiger partial charge in [-0.1, -0.05) is 13.8 Å². The first-order valence-corrected chi connectivity index (χ1v) is 4.93. The first-order valence-electron chi connectivity index (χ1n) is 4.93. The van der Waals surface area contributed by atoms with Crippen molar-refractivity contribution in [3.05, 3.63) is 18.7 Å². The molecule has 0 bridgehead atoms. The molecular formula is C10H17N3O2. The summed E-state index contributed by atoms with van der Waals surface area (Å²) in [5.41, 5.74) is 0. The third kappa shape index (κ3) is 3.36. The SMILES string of the molecule is COCC(NC(=O)n1ccnc1)C(C)C. The summed E-state index contributed by atoms with van der Waals surface area (Å²) in [6.45, 7) is 4.59. The fourth-order valence-corrected chi connectivity index (χ4v) is 1.19. The van der Waals surface area contributed by atoms with Crippen LogP contribution < -0.4 is 5.32 Å². The molecule has 84 valence electrons. The first-order chi connectivity index (χ1) is 7.15. The quantitative estimate of drug-likeness (QED) is 0.811. The molecule has 0 aliphatic carbocycles. The minimum Gasteiger partial charge on any atom is -0.383 e. The van der Waals surface area contributed by atoms with Gasteiger partial charge in [0.2, 0.25) is 0 Å². The zero-order chi connectivity index (χ0) is 11.3. The number of ether oxygens (including phenoxy) is 1. The Morgan fingerprint density at radius 1 is 1.60 bits per heavy atom. The molecule has 1 atom stereocenters. The molecular weight excluding hydrogens is 194 g/mol. The summed E-state index contributed by atoms with van der Waals surface area (Å²) in [6, 6.07) is -0.159. The van der Waals surface area contributed by atoms with Crippen molar-refractivity contribution in [3.63, 3.8) is 0 Å². The van der Waals surface area contributed by atoms with E-state index >= 15 is 0 Å². The van der Waals surface area contributed by atoms with E-state index in [1.54, 1.807) is 19.5 Å². The number of nitrogens with one attached hydrogen (secondary N) is 1. The van der Waals surface area contributed by atoms with E-state index in [2.05, 4.69) is 10.3 Å². The molecule has 1 unspecified atom stereocenters. The van der Waals surface area contributed by atoms with E-state index in [0.29, 0.717) is 12.5 Å². The van der Waals surface area contributed by atoms with Crippen LogP contribution in [-0.2, 0) is 4.74 Å². The zero-order valence-electron chi connectivity index (χ0n) is 9.30. The molecule has 0 spiro atoms. The van der Waals surface area contributed by atoms with Gasteiger partial charge in [0, 0.05) is 19.5 Å². The second-order valence-corrected chi connectivity index (χ2v) is 3.73. The Hall–Kier alpha value is -1.36. The van der Waals surface area contributed by atoms with Crippen LogP contribution >= 0.6 is 0 Å². The summed E-state index contributed by atoms with van der Waals surface area (Å²) >= 11 is 0. The maximum atomic E-state index is 11.7. The number of carbonyl (C=O) groups excluding carboxylic acids is 1. The van der Waals surface area contributed by atoms with Gasteiger partial charge in [-0.3, -0.25) is 4.57 Å². The molecule has 5 heteroatoms. The highest BCUT2D eigenvalue weighted by Crippen LogP contribution is 2.02. The van der Waals surface area contributed by atoms with Crippen LogP contribution in [0, 0.1) is 5.92 Å². The third-order valence-electron chi connectivity index (χ3n) is 2.20. The Kier molecular flexibility index (Phi) is 4.30. The predicted octanol–water partition coefficient (Wildman–Crippen LogP) is 1.11. The summed E-state index contributed by atoms with van der Waals surface area (Å²) < 4.78 is 6.45. The van der Waals surface area contributed by atoms with Crippen molar-refractivity contribution in [1.29, 1.82) is 0 Å². The van der Waals surface area contributed by atoms with Gasteiger partial charge in [-0.2, -0.15) is 0 Å². The van der Waals surface area contributed by atoms with Crippen LogP contribution in [0.15, 0.2) is 18.7 Å². The molecule has 1 amide bonds. The Labute approximate surface area is 89.4 Å². The number of amides is 1. The molecule has 1 aromatic heterocycles. The molecule has 1 N–H and O–H groups in total. The Bertz CT molecular complexity index is 296. The van der Waals surface area contributed by atoms with Gasteiger partial charge in [0.25, 0.3) is 0 Å². The Morgan fingerprint density at radius 2 is 2.33 bits per heavy atom. The molecule has 0 radical (unpaired) electrons. The standard InChI is InChI=1S/C10H17N3O2/c1-8(2)9(6-15-3)12-10(14)13-5-4-11-7-13/h4-5,7-9H,6H2,1-3H3,(H,12,14). The third-order valence-corrected chi connectivity index (χ3v) is 2.20. The summed E-state index contributed by atoms with van der Waals surface area (Å²) in [6.07, 6.45) is 4.65. The fourth-order valence-electron chi connectivity index (χ4n) is 1.19. The molecule has 0 fully saturated rings. The minimum atomic E-state index is -0.178. The van der Waals surface area contributed by atoms with Gasteiger partial charge >= 0.3 is 6.03 Å². The van der Waals surface area contributed by atoms with Crippen molar-refractivity contribution in [3.8, 4) is 0 Å². The van der Waals surface area contributed by atoms with E-state index in [0.717, 1.165) is 0 Å². The molecule has 0 aromatic carbocycles. The van der Waals surface area contributed by atoms with Gasteiger partial charge in [-0.15, -0.1) is 0 Å². The van der Waals surface area contributed by atoms with E-state index in [1.807, 2.05) is 13.8 Å². The highest BCUT2D eigenvalue weighted by molar-refractivity contribution is 5.76. The van der Waals surface area contributed by atoms with E-state index in [9.17, 15) is 4.79 Å². The lowest BCUT2D eigenvalue weighted by molar-refractivity contribution is 0.148. The maximum Gasteiger partial charge on any atom is 0.327 e. The van der Waals surface area contributed by atoms with Crippen LogP contribution in [0.1, 0.15) is 13.8 Å². The normalized spacial score (nSPS) is 12.8. The van der Waals surface area contributed by atoms with Crippen LogP contribution in [0.4, 0.5) is 4.79 Å². The molecule has 0 aliphatic rings.